The second-order valence-electron chi connectivity index (χ2n) is 4.67. The molecule has 7 nitrogen and oxygen atoms in total. The number of hydrogen-bond donors (Lipinski definition) is 2. The van der Waals surface area contributed by atoms with E-state index in [0.717, 1.165) is 0 Å². The third kappa shape index (κ3) is 4.40. The summed E-state index contributed by atoms with van der Waals surface area (Å²) < 4.78 is 0. The third-order valence-electron chi connectivity index (χ3n) is 2.98. The Morgan fingerprint density at radius 1 is 1.21 bits per heavy atom. The summed E-state index contributed by atoms with van der Waals surface area (Å²) in [6.07, 6.45) is 2.57. The predicted octanol–water partition coefficient (Wildman–Crippen LogP) is 3.60. The van der Waals surface area contributed by atoms with E-state index in [1.807, 2.05) is 0 Å². The third-order valence-corrected chi connectivity index (χ3v) is 3.31. The number of non-ortho nitro benzene ring substituents is 1. The number of carboxylic acids is 1. The molecule has 122 valence electrons. The molecule has 0 aliphatic rings. The maximum absolute atomic E-state index is 11.9. The summed E-state index contributed by atoms with van der Waals surface area (Å²) in [6.45, 7) is 0. The number of rotatable bonds is 5. The molecular weight excluding hydrogens is 336 g/mol. The van der Waals surface area contributed by atoms with Crippen LogP contribution in [0.1, 0.15) is 15.9 Å². The highest BCUT2D eigenvalue weighted by atomic mass is 35.5. The zero-order chi connectivity index (χ0) is 17.7. The molecule has 0 atom stereocenters. The summed E-state index contributed by atoms with van der Waals surface area (Å²) in [7, 11) is 0. The molecule has 2 aromatic rings. The van der Waals surface area contributed by atoms with E-state index in [0.29, 0.717) is 5.56 Å². The number of aromatic carboxylic acids is 1. The lowest BCUT2D eigenvalue weighted by atomic mass is 10.2. The van der Waals surface area contributed by atoms with Gasteiger partial charge >= 0.3 is 5.97 Å². The lowest BCUT2D eigenvalue weighted by Gasteiger charge is -2.06. The summed E-state index contributed by atoms with van der Waals surface area (Å²) >= 11 is 5.91. The van der Waals surface area contributed by atoms with Crippen LogP contribution >= 0.6 is 11.6 Å². The molecule has 0 aliphatic heterocycles. The number of carboxylic acid groups (broad SMARTS) is 1. The number of carbonyl (C=O) groups is 2. The van der Waals surface area contributed by atoms with Gasteiger partial charge in [-0.1, -0.05) is 23.7 Å². The summed E-state index contributed by atoms with van der Waals surface area (Å²) in [6, 6.07) is 9.70. The number of benzene rings is 2. The largest absolute Gasteiger partial charge is 0.478 e. The molecule has 0 radical (unpaired) electrons. The minimum Gasteiger partial charge on any atom is -0.478 e. The van der Waals surface area contributed by atoms with Crippen molar-refractivity contribution in [1.82, 2.24) is 0 Å². The number of halogens is 1. The Morgan fingerprint density at radius 3 is 2.62 bits per heavy atom. The van der Waals surface area contributed by atoms with E-state index in [2.05, 4.69) is 5.32 Å². The molecule has 2 aromatic carbocycles. The molecule has 1 amide bonds. The van der Waals surface area contributed by atoms with Crippen LogP contribution in [0.15, 0.2) is 48.5 Å². The number of nitro benzene ring substituents is 1. The first-order valence-electron chi connectivity index (χ1n) is 6.63. The van der Waals surface area contributed by atoms with Crippen LogP contribution in [-0.4, -0.2) is 21.9 Å². The number of amides is 1. The second kappa shape index (κ2) is 7.38. The van der Waals surface area contributed by atoms with E-state index in [4.69, 9.17) is 16.7 Å². The first-order valence-corrected chi connectivity index (χ1v) is 7.01. The van der Waals surface area contributed by atoms with Crippen molar-refractivity contribution in [3.8, 4) is 0 Å². The molecule has 0 bridgehead atoms. The summed E-state index contributed by atoms with van der Waals surface area (Å²) in [5, 5.41) is 22.3. The molecule has 24 heavy (non-hydrogen) atoms. The zero-order valence-corrected chi connectivity index (χ0v) is 12.9. The van der Waals surface area contributed by atoms with E-state index in [1.54, 1.807) is 6.07 Å². The molecule has 0 fully saturated rings. The van der Waals surface area contributed by atoms with Crippen LogP contribution in [0.3, 0.4) is 0 Å². The fourth-order valence-corrected chi connectivity index (χ4v) is 2.01. The Bertz CT molecular complexity index is 848. The Balaban J connectivity index is 2.13. The zero-order valence-electron chi connectivity index (χ0n) is 12.1. The first kappa shape index (κ1) is 17.2. The molecule has 0 unspecified atom stereocenters. The average Bonchev–Trinajstić information content (AvgIpc) is 2.55. The number of anilines is 1. The molecule has 0 aliphatic carbocycles. The van der Waals surface area contributed by atoms with Gasteiger partial charge in [0.25, 0.3) is 5.69 Å². The normalized spacial score (nSPS) is 10.5. The van der Waals surface area contributed by atoms with E-state index in [-0.39, 0.29) is 22.0 Å². The number of nitrogens with one attached hydrogen (secondary N) is 1. The van der Waals surface area contributed by atoms with Gasteiger partial charge in [0, 0.05) is 18.2 Å². The van der Waals surface area contributed by atoms with Gasteiger partial charge < -0.3 is 10.4 Å². The standard InChI is InChI=1S/C16H11ClN2O5/c17-13-6-5-11(16(21)22)9-14(13)18-15(20)7-4-10-2-1-3-12(8-10)19(23)24/h1-9H,(H,18,20)(H,21,22). The number of hydrogen-bond acceptors (Lipinski definition) is 4. The lowest BCUT2D eigenvalue weighted by molar-refractivity contribution is -0.384. The van der Waals surface area contributed by atoms with Gasteiger partial charge in [0.2, 0.25) is 5.91 Å². The maximum atomic E-state index is 11.9. The lowest BCUT2D eigenvalue weighted by Crippen LogP contribution is -2.09. The van der Waals surface area contributed by atoms with Crippen molar-refractivity contribution in [2.75, 3.05) is 5.32 Å². The molecule has 0 aromatic heterocycles. The average molecular weight is 347 g/mol. The highest BCUT2D eigenvalue weighted by Crippen LogP contribution is 2.23. The molecule has 2 rings (SSSR count). The fourth-order valence-electron chi connectivity index (χ4n) is 1.84. The molecule has 0 saturated heterocycles. The SMILES string of the molecule is O=C(C=Cc1cccc([N+](=O)[O-])c1)Nc1cc(C(=O)O)ccc1Cl. The summed E-state index contributed by atoms with van der Waals surface area (Å²) in [5.41, 5.74) is 0.530. The molecule has 8 heteroatoms. The van der Waals surface area contributed by atoms with E-state index < -0.39 is 16.8 Å². The van der Waals surface area contributed by atoms with Gasteiger partial charge in [0.1, 0.15) is 0 Å². The van der Waals surface area contributed by atoms with Gasteiger partial charge in [-0.25, -0.2) is 4.79 Å². The number of nitrogens with zero attached hydrogens (tertiary/aromatic N) is 1. The molecule has 0 heterocycles. The molecule has 2 N–H and O–H groups in total. The van der Waals surface area contributed by atoms with Crippen LogP contribution in [0.5, 0.6) is 0 Å². The minimum absolute atomic E-state index is 0.0163. The minimum atomic E-state index is -1.14. The monoisotopic (exact) mass is 346 g/mol. The number of carbonyl (C=O) groups excluding carboxylic acids is 1. The highest BCUT2D eigenvalue weighted by molar-refractivity contribution is 6.34. The van der Waals surface area contributed by atoms with Crippen LogP contribution in [0.4, 0.5) is 11.4 Å². The Labute approximate surface area is 141 Å². The van der Waals surface area contributed by atoms with Crippen molar-refractivity contribution in [2.45, 2.75) is 0 Å². The van der Waals surface area contributed by atoms with Gasteiger partial charge in [-0.2, -0.15) is 0 Å². The Morgan fingerprint density at radius 2 is 1.96 bits per heavy atom. The van der Waals surface area contributed by atoms with Crippen LogP contribution in [0, 0.1) is 10.1 Å². The van der Waals surface area contributed by atoms with Crippen molar-refractivity contribution in [2.24, 2.45) is 0 Å². The van der Waals surface area contributed by atoms with Gasteiger partial charge in [-0.15, -0.1) is 0 Å². The van der Waals surface area contributed by atoms with Crippen LogP contribution < -0.4 is 5.32 Å². The topological polar surface area (TPSA) is 110 Å². The van der Waals surface area contributed by atoms with Crippen LogP contribution in [0.2, 0.25) is 5.02 Å². The van der Waals surface area contributed by atoms with E-state index in [1.165, 1.54) is 48.6 Å². The fraction of sp³-hybridized carbons (Fsp3) is 0. The van der Waals surface area contributed by atoms with Crippen molar-refractivity contribution >= 4 is 40.9 Å². The second-order valence-corrected chi connectivity index (χ2v) is 5.08. The first-order chi connectivity index (χ1) is 11.4. The summed E-state index contributed by atoms with van der Waals surface area (Å²) in [5.74, 6) is -1.69. The van der Waals surface area contributed by atoms with Crippen LogP contribution in [-0.2, 0) is 4.79 Å². The maximum Gasteiger partial charge on any atom is 0.335 e. The van der Waals surface area contributed by atoms with Gasteiger partial charge in [0.15, 0.2) is 0 Å². The Kier molecular flexibility index (Phi) is 5.28. The Hall–Kier alpha value is -3.19. The van der Waals surface area contributed by atoms with Gasteiger partial charge in [-0.05, 0) is 29.8 Å². The quantitative estimate of drug-likeness (QED) is 0.488. The molecule has 0 spiro atoms. The molecular formula is C16H11ClN2O5. The van der Waals surface area contributed by atoms with Crippen molar-refractivity contribution in [3.05, 3.63) is 74.8 Å². The smallest absolute Gasteiger partial charge is 0.335 e. The van der Waals surface area contributed by atoms with Crippen molar-refractivity contribution < 1.29 is 19.6 Å². The van der Waals surface area contributed by atoms with Gasteiger partial charge in [-0.3, -0.25) is 14.9 Å². The van der Waals surface area contributed by atoms with Crippen molar-refractivity contribution in [3.63, 3.8) is 0 Å². The van der Waals surface area contributed by atoms with Crippen molar-refractivity contribution in [1.29, 1.82) is 0 Å². The van der Waals surface area contributed by atoms with Gasteiger partial charge in [0.05, 0.1) is 21.2 Å². The van der Waals surface area contributed by atoms with E-state index in [9.17, 15) is 19.7 Å². The van der Waals surface area contributed by atoms with Crippen LogP contribution in [0.25, 0.3) is 6.08 Å². The highest BCUT2D eigenvalue weighted by Gasteiger charge is 2.09. The number of nitro groups is 1. The predicted molar refractivity (Wildman–Crippen MR) is 89.2 cm³/mol. The molecule has 0 saturated carbocycles. The van der Waals surface area contributed by atoms with E-state index >= 15 is 0 Å². The summed E-state index contributed by atoms with van der Waals surface area (Å²) in [4.78, 5) is 33.0.